The maximum atomic E-state index is 14.0. The number of phenols is 1. The molecular formula is C26H32ClN5O2. The van der Waals surface area contributed by atoms with Gasteiger partial charge in [0.05, 0.1) is 12.4 Å². The van der Waals surface area contributed by atoms with Crippen LogP contribution in [-0.4, -0.2) is 73.0 Å². The summed E-state index contributed by atoms with van der Waals surface area (Å²) < 4.78 is 0. The van der Waals surface area contributed by atoms with E-state index in [-0.39, 0.29) is 11.7 Å². The summed E-state index contributed by atoms with van der Waals surface area (Å²) in [7, 11) is 0. The topological polar surface area (TPSA) is 80.2 Å². The van der Waals surface area contributed by atoms with Crippen molar-refractivity contribution >= 4 is 23.8 Å². The molecule has 1 amide bonds. The van der Waals surface area contributed by atoms with Crippen molar-refractivity contribution in [3.8, 4) is 5.75 Å². The summed E-state index contributed by atoms with van der Waals surface area (Å²) in [4.78, 5) is 23.4. The monoisotopic (exact) mass is 481 g/mol. The fourth-order valence-electron chi connectivity index (χ4n) is 5.08. The molecule has 3 aliphatic rings. The van der Waals surface area contributed by atoms with Crippen LogP contribution in [0, 0.1) is 5.92 Å². The molecule has 0 aromatic heterocycles. The van der Waals surface area contributed by atoms with E-state index in [1.807, 2.05) is 36.4 Å². The molecule has 2 fully saturated rings. The third kappa shape index (κ3) is 4.65. The Morgan fingerprint density at radius 2 is 1.94 bits per heavy atom. The second kappa shape index (κ2) is 9.94. The molecule has 2 heterocycles. The predicted molar refractivity (Wildman–Crippen MR) is 134 cm³/mol. The van der Waals surface area contributed by atoms with Gasteiger partial charge in [0.2, 0.25) is 0 Å². The number of amides is 1. The lowest BCUT2D eigenvalue weighted by atomic mass is 9.78. The lowest BCUT2D eigenvalue weighted by Gasteiger charge is -2.37. The maximum absolute atomic E-state index is 14.0. The Hall–Kier alpha value is -2.61. The van der Waals surface area contributed by atoms with Crippen molar-refractivity contribution in [2.24, 2.45) is 10.9 Å². The normalized spacial score (nSPS) is 25.0. The highest BCUT2D eigenvalue weighted by Gasteiger charge is 2.54. The molecule has 0 spiro atoms. The van der Waals surface area contributed by atoms with E-state index in [1.54, 1.807) is 18.5 Å². The zero-order chi connectivity index (χ0) is 23.5. The molecule has 0 unspecified atom stereocenters. The van der Waals surface area contributed by atoms with Gasteiger partial charge >= 0.3 is 0 Å². The summed E-state index contributed by atoms with van der Waals surface area (Å²) in [5.41, 5.74) is 0.262. The number of aromatic hydroxyl groups is 1. The van der Waals surface area contributed by atoms with Gasteiger partial charge in [0, 0.05) is 56.4 Å². The highest BCUT2D eigenvalue weighted by Crippen LogP contribution is 2.49. The van der Waals surface area contributed by atoms with Crippen LogP contribution in [0.1, 0.15) is 30.0 Å². The van der Waals surface area contributed by atoms with Crippen LogP contribution in [0.5, 0.6) is 5.75 Å². The minimum Gasteiger partial charge on any atom is -0.508 e. The number of phenolic OH excluding ortho intramolecular Hbond substituents is 1. The Morgan fingerprint density at radius 1 is 1.18 bits per heavy atom. The van der Waals surface area contributed by atoms with E-state index >= 15 is 0 Å². The van der Waals surface area contributed by atoms with Gasteiger partial charge in [-0.05, 0) is 36.5 Å². The maximum Gasteiger partial charge on any atom is 0.255 e. The van der Waals surface area contributed by atoms with Gasteiger partial charge in [-0.25, -0.2) is 0 Å². The van der Waals surface area contributed by atoms with Crippen LogP contribution in [0.25, 0.3) is 0 Å². The van der Waals surface area contributed by atoms with Gasteiger partial charge in [-0.2, -0.15) is 0 Å². The first-order valence-electron chi connectivity index (χ1n) is 12.1. The minimum atomic E-state index is -1.20. The second-order valence-corrected chi connectivity index (χ2v) is 9.91. The highest BCUT2D eigenvalue weighted by atomic mass is 35.5. The van der Waals surface area contributed by atoms with Crippen molar-refractivity contribution in [2.45, 2.75) is 24.4 Å². The summed E-state index contributed by atoms with van der Waals surface area (Å²) in [6, 6.07) is 14.4. The van der Waals surface area contributed by atoms with E-state index < -0.39 is 11.6 Å². The number of piperazine rings is 1. The number of nitrogens with one attached hydrogen (secondary N) is 2. The Kier molecular flexibility index (Phi) is 6.77. The van der Waals surface area contributed by atoms with E-state index in [4.69, 9.17) is 16.6 Å². The second-order valence-electron chi connectivity index (χ2n) is 9.47. The first-order valence-corrected chi connectivity index (χ1v) is 12.5. The fraction of sp³-hybridized carbons (Fsp3) is 0.462. The average Bonchev–Trinajstić information content (AvgIpc) is 3.59. The smallest absolute Gasteiger partial charge is 0.255 e. The van der Waals surface area contributed by atoms with E-state index in [9.17, 15) is 9.90 Å². The zero-order valence-electron chi connectivity index (χ0n) is 19.3. The number of hydrogen-bond donors (Lipinski definition) is 3. The van der Waals surface area contributed by atoms with E-state index in [0.29, 0.717) is 23.0 Å². The molecule has 1 saturated carbocycles. The van der Waals surface area contributed by atoms with Gasteiger partial charge in [0.25, 0.3) is 5.91 Å². The first kappa shape index (κ1) is 23.1. The number of nitrogens with zero attached hydrogens (tertiary/aromatic N) is 3. The van der Waals surface area contributed by atoms with Crippen LogP contribution in [0.2, 0.25) is 5.02 Å². The molecule has 2 aromatic carbocycles. The number of carbonyl (C=O) groups is 1. The lowest BCUT2D eigenvalue weighted by molar-refractivity contribution is -0.128. The van der Waals surface area contributed by atoms with Crippen molar-refractivity contribution < 1.29 is 9.90 Å². The van der Waals surface area contributed by atoms with Crippen LogP contribution in [0.15, 0.2) is 53.5 Å². The molecule has 8 heteroatoms. The van der Waals surface area contributed by atoms with Crippen molar-refractivity contribution in [1.82, 2.24) is 20.4 Å². The van der Waals surface area contributed by atoms with Gasteiger partial charge in [-0.3, -0.25) is 14.7 Å². The van der Waals surface area contributed by atoms with Gasteiger partial charge in [0.1, 0.15) is 5.75 Å². The molecule has 0 radical (unpaired) electrons. The van der Waals surface area contributed by atoms with Crippen LogP contribution in [0.4, 0.5) is 0 Å². The number of halogens is 1. The van der Waals surface area contributed by atoms with Crippen molar-refractivity contribution in [3.05, 3.63) is 64.7 Å². The molecule has 2 aliphatic heterocycles. The number of rotatable bonds is 8. The lowest BCUT2D eigenvalue weighted by Crippen LogP contribution is -2.51. The predicted octanol–water partition coefficient (Wildman–Crippen LogP) is 2.76. The Morgan fingerprint density at radius 3 is 2.65 bits per heavy atom. The van der Waals surface area contributed by atoms with E-state index in [1.165, 1.54) is 12.8 Å². The molecule has 2 atom stereocenters. The zero-order valence-corrected chi connectivity index (χ0v) is 20.0. The van der Waals surface area contributed by atoms with Gasteiger partial charge in [-0.1, -0.05) is 48.0 Å². The third-order valence-electron chi connectivity index (χ3n) is 7.07. The summed E-state index contributed by atoms with van der Waals surface area (Å²) in [5.74, 6) is 0.520. The molecule has 1 aliphatic carbocycles. The summed E-state index contributed by atoms with van der Waals surface area (Å²) in [6.45, 7) is 6.05. The van der Waals surface area contributed by atoms with E-state index in [0.717, 1.165) is 44.8 Å². The van der Waals surface area contributed by atoms with Crippen LogP contribution < -0.4 is 10.6 Å². The molecule has 2 aromatic rings. The SMILES string of the molecule is O=C(NCCN1CCNCC1)[C@]1(c2ccccc2)N=CN(CC2CC2)[C@H]1c1ccc(Cl)cc1O. The molecule has 0 bridgehead atoms. The van der Waals surface area contributed by atoms with Crippen molar-refractivity contribution in [1.29, 1.82) is 0 Å². The van der Waals surface area contributed by atoms with Crippen LogP contribution in [-0.2, 0) is 10.3 Å². The average molecular weight is 482 g/mol. The standard InChI is InChI=1S/C26H32ClN5O2/c27-21-8-9-22(23(33)16-21)24-26(20-4-2-1-3-5-20,30-18-32(24)17-19-6-7-19)25(34)29-12-15-31-13-10-28-11-14-31/h1-5,8-9,16,18-19,24,28,33H,6-7,10-15,17H2,(H,29,34)/t24-,26+/m0/s1. The molecule has 180 valence electrons. The third-order valence-corrected chi connectivity index (χ3v) is 7.31. The summed E-state index contributed by atoms with van der Waals surface area (Å²) >= 11 is 6.15. The minimum absolute atomic E-state index is 0.0812. The van der Waals surface area contributed by atoms with Crippen LogP contribution in [0.3, 0.4) is 0 Å². The number of carbonyl (C=O) groups excluding carboxylic acids is 1. The van der Waals surface area contributed by atoms with Gasteiger partial charge in [-0.15, -0.1) is 0 Å². The highest BCUT2D eigenvalue weighted by molar-refractivity contribution is 6.30. The molecule has 1 saturated heterocycles. The largest absolute Gasteiger partial charge is 0.508 e. The number of benzene rings is 2. The Bertz CT molecular complexity index is 1040. The summed E-state index contributed by atoms with van der Waals surface area (Å²) in [5, 5.41) is 17.9. The van der Waals surface area contributed by atoms with Gasteiger partial charge < -0.3 is 20.6 Å². The van der Waals surface area contributed by atoms with E-state index in [2.05, 4.69) is 20.4 Å². The molecule has 3 N–H and O–H groups in total. The number of hydrogen-bond acceptors (Lipinski definition) is 6. The number of aliphatic imine (C=N–C) groups is 1. The Balaban J connectivity index is 1.49. The van der Waals surface area contributed by atoms with Gasteiger partial charge in [0.15, 0.2) is 5.54 Å². The molecule has 34 heavy (non-hydrogen) atoms. The molecule has 5 rings (SSSR count). The fourth-order valence-corrected chi connectivity index (χ4v) is 5.25. The first-order chi connectivity index (χ1) is 16.6. The quantitative estimate of drug-likeness (QED) is 0.540. The van der Waals surface area contributed by atoms with Crippen molar-refractivity contribution in [3.63, 3.8) is 0 Å². The van der Waals surface area contributed by atoms with Crippen molar-refractivity contribution in [2.75, 3.05) is 45.8 Å². The Labute approximate surface area is 205 Å². The summed E-state index contributed by atoms with van der Waals surface area (Å²) in [6.07, 6.45) is 4.16. The van der Waals surface area contributed by atoms with Crippen LogP contribution >= 0.6 is 11.6 Å². The molecular weight excluding hydrogens is 450 g/mol. The molecule has 7 nitrogen and oxygen atoms in total.